The van der Waals surface area contributed by atoms with Crippen LogP contribution in [0.25, 0.3) is 0 Å². The van der Waals surface area contributed by atoms with Gasteiger partial charge in [-0.3, -0.25) is 9.79 Å². The molecule has 0 aliphatic heterocycles. The van der Waals surface area contributed by atoms with Gasteiger partial charge in [-0.2, -0.15) is 0 Å². The number of hydrogen-bond donors (Lipinski definition) is 2. The van der Waals surface area contributed by atoms with Crippen molar-refractivity contribution in [3.05, 3.63) is 35.6 Å². The molecule has 0 bridgehead atoms. The Morgan fingerprint density at radius 1 is 1.22 bits per heavy atom. The number of rotatable bonds is 8. The van der Waals surface area contributed by atoms with Crippen molar-refractivity contribution in [1.29, 1.82) is 0 Å². The lowest BCUT2D eigenvalue weighted by Crippen LogP contribution is -2.43. The molecule has 1 aromatic rings. The second-order valence-corrected chi connectivity index (χ2v) is 5.40. The first-order valence-corrected chi connectivity index (χ1v) is 7.99. The molecule has 0 saturated carbocycles. The van der Waals surface area contributed by atoms with Crippen LogP contribution in [0.15, 0.2) is 29.3 Å². The Labute approximate surface area is 138 Å². The standard InChI is InChI=1S/C17H27FN4O/c1-4-5-12-22(3)17(19-2)21-11-10-20-16(23)13-14-6-8-15(18)9-7-14/h6-9H,4-5,10-13H2,1-3H3,(H,19,21)(H,20,23). The van der Waals surface area contributed by atoms with E-state index < -0.39 is 0 Å². The van der Waals surface area contributed by atoms with Crippen LogP contribution in [0, 0.1) is 5.82 Å². The van der Waals surface area contributed by atoms with Crippen LogP contribution in [0.3, 0.4) is 0 Å². The highest BCUT2D eigenvalue weighted by atomic mass is 19.1. The zero-order valence-corrected chi connectivity index (χ0v) is 14.2. The van der Waals surface area contributed by atoms with Gasteiger partial charge in [0, 0.05) is 33.7 Å². The van der Waals surface area contributed by atoms with Crippen LogP contribution in [0.2, 0.25) is 0 Å². The summed E-state index contributed by atoms with van der Waals surface area (Å²) in [7, 11) is 3.75. The first-order chi connectivity index (χ1) is 11.1. The first kappa shape index (κ1) is 18.9. The summed E-state index contributed by atoms with van der Waals surface area (Å²) in [6.45, 7) is 4.23. The van der Waals surface area contributed by atoms with Gasteiger partial charge in [0.15, 0.2) is 5.96 Å². The molecule has 2 N–H and O–H groups in total. The van der Waals surface area contributed by atoms with Crippen molar-refractivity contribution >= 4 is 11.9 Å². The van der Waals surface area contributed by atoms with E-state index in [2.05, 4.69) is 27.4 Å². The van der Waals surface area contributed by atoms with Gasteiger partial charge < -0.3 is 15.5 Å². The van der Waals surface area contributed by atoms with Gasteiger partial charge in [0.1, 0.15) is 5.82 Å². The molecule has 1 rings (SSSR count). The van der Waals surface area contributed by atoms with Crippen molar-refractivity contribution in [3.8, 4) is 0 Å². The smallest absolute Gasteiger partial charge is 0.224 e. The Bertz CT molecular complexity index is 502. The van der Waals surface area contributed by atoms with E-state index in [-0.39, 0.29) is 18.1 Å². The highest BCUT2D eigenvalue weighted by Gasteiger charge is 2.06. The summed E-state index contributed by atoms with van der Waals surface area (Å²) in [6.07, 6.45) is 2.51. The molecule has 0 atom stereocenters. The van der Waals surface area contributed by atoms with Gasteiger partial charge in [-0.1, -0.05) is 25.5 Å². The molecule has 0 aromatic heterocycles. The number of benzene rings is 1. The number of carbonyl (C=O) groups excluding carboxylic acids is 1. The minimum Gasteiger partial charge on any atom is -0.354 e. The number of aliphatic imine (C=N–C) groups is 1. The molecule has 0 radical (unpaired) electrons. The van der Waals surface area contributed by atoms with Gasteiger partial charge in [-0.25, -0.2) is 4.39 Å². The number of nitrogens with one attached hydrogen (secondary N) is 2. The van der Waals surface area contributed by atoms with E-state index in [4.69, 9.17) is 0 Å². The molecule has 0 saturated heterocycles. The summed E-state index contributed by atoms with van der Waals surface area (Å²) in [5.41, 5.74) is 0.798. The maximum absolute atomic E-state index is 12.8. The summed E-state index contributed by atoms with van der Waals surface area (Å²) >= 11 is 0. The van der Waals surface area contributed by atoms with Crippen LogP contribution in [-0.4, -0.2) is 50.5 Å². The molecular weight excluding hydrogens is 295 g/mol. The average Bonchev–Trinajstić information content (AvgIpc) is 2.55. The molecule has 1 amide bonds. The second kappa shape index (κ2) is 10.6. The number of nitrogens with zero attached hydrogens (tertiary/aromatic N) is 2. The number of unbranched alkanes of at least 4 members (excludes halogenated alkanes) is 1. The maximum Gasteiger partial charge on any atom is 0.224 e. The van der Waals surface area contributed by atoms with Gasteiger partial charge in [0.25, 0.3) is 0 Å². The third-order valence-corrected chi connectivity index (χ3v) is 3.43. The lowest BCUT2D eigenvalue weighted by atomic mass is 10.1. The molecule has 0 aliphatic carbocycles. The second-order valence-electron chi connectivity index (χ2n) is 5.40. The molecular formula is C17H27FN4O. The molecule has 0 aliphatic rings. The Morgan fingerprint density at radius 3 is 2.48 bits per heavy atom. The van der Waals surface area contributed by atoms with Gasteiger partial charge >= 0.3 is 0 Å². The molecule has 0 fully saturated rings. The van der Waals surface area contributed by atoms with E-state index >= 15 is 0 Å². The van der Waals surface area contributed by atoms with Crippen LogP contribution >= 0.6 is 0 Å². The van der Waals surface area contributed by atoms with E-state index in [1.165, 1.54) is 12.1 Å². The molecule has 0 heterocycles. The van der Waals surface area contributed by atoms with Gasteiger partial charge in [0.05, 0.1) is 6.42 Å². The van der Waals surface area contributed by atoms with Crippen LogP contribution in [0.5, 0.6) is 0 Å². The largest absolute Gasteiger partial charge is 0.354 e. The van der Waals surface area contributed by atoms with Crippen LogP contribution in [0.4, 0.5) is 4.39 Å². The Kier molecular flexibility index (Phi) is 8.72. The van der Waals surface area contributed by atoms with Crippen molar-refractivity contribution in [2.45, 2.75) is 26.2 Å². The number of carbonyl (C=O) groups is 1. The first-order valence-electron chi connectivity index (χ1n) is 7.99. The van der Waals surface area contributed by atoms with E-state index in [9.17, 15) is 9.18 Å². The molecule has 0 spiro atoms. The fourth-order valence-corrected chi connectivity index (χ4v) is 2.11. The van der Waals surface area contributed by atoms with Crippen molar-refractivity contribution in [3.63, 3.8) is 0 Å². The Hall–Kier alpha value is -2.11. The van der Waals surface area contributed by atoms with Crippen molar-refractivity contribution < 1.29 is 9.18 Å². The number of hydrogen-bond acceptors (Lipinski definition) is 2. The lowest BCUT2D eigenvalue weighted by Gasteiger charge is -2.21. The van der Waals surface area contributed by atoms with Crippen molar-refractivity contribution in [2.75, 3.05) is 33.7 Å². The van der Waals surface area contributed by atoms with Crippen LogP contribution in [-0.2, 0) is 11.2 Å². The Balaban J connectivity index is 2.25. The Morgan fingerprint density at radius 2 is 1.87 bits per heavy atom. The molecule has 5 nitrogen and oxygen atoms in total. The zero-order chi connectivity index (χ0) is 17.1. The highest BCUT2D eigenvalue weighted by molar-refractivity contribution is 5.80. The molecule has 6 heteroatoms. The molecule has 23 heavy (non-hydrogen) atoms. The predicted octanol–water partition coefficient (Wildman–Crippen LogP) is 1.79. The highest BCUT2D eigenvalue weighted by Crippen LogP contribution is 2.03. The van der Waals surface area contributed by atoms with Gasteiger partial charge in [-0.05, 0) is 24.1 Å². The number of halogens is 1. The van der Waals surface area contributed by atoms with Crippen LogP contribution < -0.4 is 10.6 Å². The van der Waals surface area contributed by atoms with Gasteiger partial charge in [0.2, 0.25) is 5.91 Å². The summed E-state index contributed by atoms with van der Waals surface area (Å²) < 4.78 is 12.8. The zero-order valence-electron chi connectivity index (χ0n) is 14.2. The van der Waals surface area contributed by atoms with E-state index in [0.717, 1.165) is 30.9 Å². The topological polar surface area (TPSA) is 56.7 Å². The SMILES string of the molecule is CCCCN(C)C(=NC)NCCNC(=O)Cc1ccc(F)cc1. The van der Waals surface area contributed by atoms with Crippen LogP contribution in [0.1, 0.15) is 25.3 Å². The van der Waals surface area contributed by atoms with E-state index in [1.807, 2.05) is 7.05 Å². The number of guanidine groups is 1. The quantitative estimate of drug-likeness (QED) is 0.436. The summed E-state index contributed by atoms with van der Waals surface area (Å²) in [5, 5.41) is 6.05. The summed E-state index contributed by atoms with van der Waals surface area (Å²) in [4.78, 5) is 18.1. The number of amides is 1. The predicted molar refractivity (Wildman–Crippen MR) is 92.0 cm³/mol. The van der Waals surface area contributed by atoms with E-state index in [1.54, 1.807) is 19.2 Å². The monoisotopic (exact) mass is 322 g/mol. The minimum absolute atomic E-state index is 0.0762. The van der Waals surface area contributed by atoms with E-state index in [0.29, 0.717) is 13.1 Å². The average molecular weight is 322 g/mol. The minimum atomic E-state index is -0.295. The van der Waals surface area contributed by atoms with Gasteiger partial charge in [-0.15, -0.1) is 0 Å². The van der Waals surface area contributed by atoms with Crippen molar-refractivity contribution in [2.24, 2.45) is 4.99 Å². The third-order valence-electron chi connectivity index (χ3n) is 3.43. The fraction of sp³-hybridized carbons (Fsp3) is 0.529. The fourth-order valence-electron chi connectivity index (χ4n) is 2.11. The normalized spacial score (nSPS) is 11.2. The summed E-state index contributed by atoms with van der Waals surface area (Å²) in [6, 6.07) is 5.97. The third kappa shape index (κ3) is 7.63. The molecule has 128 valence electrons. The van der Waals surface area contributed by atoms with Crippen molar-refractivity contribution in [1.82, 2.24) is 15.5 Å². The summed E-state index contributed by atoms with van der Waals surface area (Å²) in [5.74, 6) is 0.455. The lowest BCUT2D eigenvalue weighted by molar-refractivity contribution is -0.120. The molecule has 0 unspecified atom stereocenters. The molecule has 1 aromatic carbocycles. The maximum atomic E-state index is 12.8.